The molecule has 2 nitrogen and oxygen atoms in total. The molecule has 0 spiro atoms. The summed E-state index contributed by atoms with van der Waals surface area (Å²) < 4.78 is 0.968. The first-order chi connectivity index (χ1) is 8.70. The monoisotopic (exact) mass is 326 g/mol. The molecule has 0 amide bonds. The molecular weight excluding hydrogens is 312 g/mol. The van der Waals surface area contributed by atoms with Gasteiger partial charge in [0.25, 0.3) is 0 Å². The van der Waals surface area contributed by atoms with Crippen LogP contribution >= 0.6 is 27.5 Å². The Balaban J connectivity index is 2.13. The number of hydrogen-bond acceptors (Lipinski definition) is 2. The van der Waals surface area contributed by atoms with Gasteiger partial charge in [-0.3, -0.25) is 0 Å². The Morgan fingerprint density at radius 3 is 2.78 bits per heavy atom. The number of halogens is 2. The Morgan fingerprint density at radius 1 is 1.28 bits per heavy atom. The van der Waals surface area contributed by atoms with Crippen molar-refractivity contribution in [2.45, 2.75) is 38.1 Å². The number of benzene rings is 1. The van der Waals surface area contributed by atoms with Crippen LogP contribution in [0.15, 0.2) is 22.7 Å². The standard InChI is InChI=1S/C14H16BrClN2/c15-11-6-7-14(12(16)8-11)18-13-5-3-1-2-4-10(13)9-17/h6-8,10,13,18H,1-5H2. The lowest BCUT2D eigenvalue weighted by Crippen LogP contribution is -2.27. The third-order valence-electron chi connectivity index (χ3n) is 3.45. The molecule has 2 rings (SSSR count). The van der Waals surface area contributed by atoms with Gasteiger partial charge in [-0.25, -0.2) is 0 Å². The molecule has 0 heterocycles. The second kappa shape index (κ2) is 6.45. The van der Waals surface area contributed by atoms with Gasteiger partial charge in [0, 0.05) is 10.5 Å². The molecule has 2 atom stereocenters. The molecule has 0 aliphatic heterocycles. The highest BCUT2D eigenvalue weighted by Gasteiger charge is 2.23. The van der Waals surface area contributed by atoms with Crippen LogP contribution in [-0.2, 0) is 0 Å². The molecule has 1 fully saturated rings. The van der Waals surface area contributed by atoms with Crippen molar-refractivity contribution in [3.63, 3.8) is 0 Å². The third kappa shape index (κ3) is 3.40. The minimum Gasteiger partial charge on any atom is -0.380 e. The second-order valence-corrected chi connectivity index (χ2v) is 6.07. The lowest BCUT2D eigenvalue weighted by Gasteiger charge is -2.22. The van der Waals surface area contributed by atoms with E-state index in [2.05, 4.69) is 27.3 Å². The van der Waals surface area contributed by atoms with E-state index in [9.17, 15) is 5.26 Å². The normalized spacial score (nSPS) is 24.1. The van der Waals surface area contributed by atoms with E-state index in [1.807, 2.05) is 18.2 Å². The molecule has 1 aliphatic rings. The number of nitrogens with zero attached hydrogens (tertiary/aromatic N) is 1. The summed E-state index contributed by atoms with van der Waals surface area (Å²) in [6, 6.07) is 8.45. The molecule has 0 radical (unpaired) electrons. The summed E-state index contributed by atoms with van der Waals surface area (Å²) >= 11 is 9.60. The van der Waals surface area contributed by atoms with Crippen LogP contribution in [0.1, 0.15) is 32.1 Å². The molecule has 18 heavy (non-hydrogen) atoms. The van der Waals surface area contributed by atoms with E-state index in [0.717, 1.165) is 29.4 Å². The predicted octanol–water partition coefficient (Wildman–Crippen LogP) is 4.99. The van der Waals surface area contributed by atoms with E-state index in [-0.39, 0.29) is 12.0 Å². The molecule has 1 aliphatic carbocycles. The topological polar surface area (TPSA) is 35.8 Å². The van der Waals surface area contributed by atoms with Gasteiger partial charge in [-0.15, -0.1) is 0 Å². The third-order valence-corrected chi connectivity index (χ3v) is 4.26. The van der Waals surface area contributed by atoms with Gasteiger partial charge in [0.15, 0.2) is 0 Å². The lowest BCUT2D eigenvalue weighted by atomic mass is 9.96. The van der Waals surface area contributed by atoms with Crippen molar-refractivity contribution in [3.8, 4) is 6.07 Å². The molecule has 0 bridgehead atoms. The number of nitriles is 1. The zero-order chi connectivity index (χ0) is 13.0. The summed E-state index contributed by atoms with van der Waals surface area (Å²) in [5.41, 5.74) is 0.923. The fourth-order valence-corrected chi connectivity index (χ4v) is 3.17. The molecule has 1 N–H and O–H groups in total. The minimum atomic E-state index is 0.0900. The molecule has 1 aromatic carbocycles. The zero-order valence-corrected chi connectivity index (χ0v) is 12.5. The largest absolute Gasteiger partial charge is 0.380 e. The van der Waals surface area contributed by atoms with Crippen LogP contribution < -0.4 is 5.32 Å². The molecule has 2 unspecified atom stereocenters. The van der Waals surface area contributed by atoms with Gasteiger partial charge < -0.3 is 5.32 Å². The van der Waals surface area contributed by atoms with Crippen LogP contribution in [0.2, 0.25) is 5.02 Å². The average Bonchev–Trinajstić information content (AvgIpc) is 2.57. The van der Waals surface area contributed by atoms with Crippen LogP contribution in [-0.4, -0.2) is 6.04 Å². The second-order valence-electron chi connectivity index (χ2n) is 4.75. The van der Waals surface area contributed by atoms with Crippen LogP contribution in [0.5, 0.6) is 0 Å². The Bertz CT molecular complexity index is 456. The van der Waals surface area contributed by atoms with Crippen LogP contribution in [0.25, 0.3) is 0 Å². The summed E-state index contributed by atoms with van der Waals surface area (Å²) in [4.78, 5) is 0. The predicted molar refractivity (Wildman–Crippen MR) is 78.8 cm³/mol. The summed E-state index contributed by atoms with van der Waals surface area (Å²) in [6.45, 7) is 0. The summed E-state index contributed by atoms with van der Waals surface area (Å²) in [5, 5.41) is 13.4. The first-order valence-corrected chi connectivity index (χ1v) is 7.49. The van der Waals surface area contributed by atoms with Crippen LogP contribution in [0, 0.1) is 17.2 Å². The molecule has 96 valence electrons. The van der Waals surface area contributed by atoms with E-state index in [4.69, 9.17) is 11.6 Å². The Labute approximate surface area is 121 Å². The average molecular weight is 328 g/mol. The number of hydrogen-bond donors (Lipinski definition) is 1. The lowest BCUT2D eigenvalue weighted by molar-refractivity contribution is 0.514. The van der Waals surface area contributed by atoms with E-state index >= 15 is 0 Å². The van der Waals surface area contributed by atoms with E-state index in [1.165, 1.54) is 12.8 Å². The van der Waals surface area contributed by atoms with Crippen molar-refractivity contribution in [1.82, 2.24) is 0 Å². The van der Waals surface area contributed by atoms with Gasteiger partial charge in [-0.1, -0.05) is 46.8 Å². The Hall–Kier alpha value is -0.720. The zero-order valence-electron chi connectivity index (χ0n) is 10.1. The highest BCUT2D eigenvalue weighted by molar-refractivity contribution is 9.10. The van der Waals surface area contributed by atoms with Crippen LogP contribution in [0.4, 0.5) is 5.69 Å². The highest BCUT2D eigenvalue weighted by Crippen LogP contribution is 2.30. The van der Waals surface area contributed by atoms with Crippen molar-refractivity contribution in [3.05, 3.63) is 27.7 Å². The maximum atomic E-state index is 9.25. The summed E-state index contributed by atoms with van der Waals surface area (Å²) in [5.74, 6) is 0.0900. The quantitative estimate of drug-likeness (QED) is 0.777. The van der Waals surface area contributed by atoms with Crippen molar-refractivity contribution in [2.24, 2.45) is 5.92 Å². The molecule has 0 aromatic heterocycles. The fraction of sp³-hybridized carbons (Fsp3) is 0.500. The highest BCUT2D eigenvalue weighted by atomic mass is 79.9. The smallest absolute Gasteiger partial charge is 0.0677 e. The molecule has 0 saturated heterocycles. The van der Waals surface area contributed by atoms with Gasteiger partial charge in [0.1, 0.15) is 0 Å². The van der Waals surface area contributed by atoms with Gasteiger partial charge >= 0.3 is 0 Å². The minimum absolute atomic E-state index is 0.0900. The van der Waals surface area contributed by atoms with Crippen LogP contribution in [0.3, 0.4) is 0 Å². The summed E-state index contributed by atoms with van der Waals surface area (Å²) in [7, 11) is 0. The van der Waals surface area contributed by atoms with E-state index in [0.29, 0.717) is 5.02 Å². The summed E-state index contributed by atoms with van der Waals surface area (Å²) in [6.07, 6.45) is 5.60. The maximum Gasteiger partial charge on any atom is 0.0677 e. The first-order valence-electron chi connectivity index (χ1n) is 6.32. The Kier molecular flexibility index (Phi) is 4.91. The van der Waals surface area contributed by atoms with Crippen molar-refractivity contribution in [2.75, 3.05) is 5.32 Å². The van der Waals surface area contributed by atoms with E-state index in [1.54, 1.807) is 0 Å². The van der Waals surface area contributed by atoms with Crippen molar-refractivity contribution >= 4 is 33.2 Å². The number of nitrogens with one attached hydrogen (secondary N) is 1. The molecule has 4 heteroatoms. The first kappa shape index (κ1) is 13.7. The number of anilines is 1. The van der Waals surface area contributed by atoms with Gasteiger partial charge in [0.05, 0.1) is 22.7 Å². The van der Waals surface area contributed by atoms with Gasteiger partial charge in [0.2, 0.25) is 0 Å². The molecular formula is C14H16BrClN2. The Morgan fingerprint density at radius 2 is 2.06 bits per heavy atom. The number of rotatable bonds is 2. The maximum absolute atomic E-state index is 9.25. The molecule has 1 aromatic rings. The SMILES string of the molecule is N#CC1CCCCCC1Nc1ccc(Br)cc1Cl. The van der Waals surface area contributed by atoms with Gasteiger partial charge in [-0.2, -0.15) is 5.26 Å². The van der Waals surface area contributed by atoms with Gasteiger partial charge in [-0.05, 0) is 31.0 Å². The van der Waals surface area contributed by atoms with Crippen molar-refractivity contribution < 1.29 is 0 Å². The van der Waals surface area contributed by atoms with Crippen molar-refractivity contribution in [1.29, 1.82) is 5.26 Å². The molecule has 1 saturated carbocycles. The van der Waals surface area contributed by atoms with E-state index < -0.39 is 0 Å². The fourth-order valence-electron chi connectivity index (χ4n) is 2.44.